The minimum Gasteiger partial charge on any atom is -0.545 e. The predicted octanol–water partition coefficient (Wildman–Crippen LogP) is 18.2. The number of rotatable bonds is 57. The van der Waals surface area contributed by atoms with Gasteiger partial charge in [0.15, 0.2) is 12.4 Å². The zero-order valence-corrected chi connectivity index (χ0v) is 52.1. The van der Waals surface area contributed by atoms with Crippen LogP contribution < -0.4 is 5.11 Å². The van der Waals surface area contributed by atoms with E-state index < -0.39 is 24.3 Å². The zero-order chi connectivity index (χ0) is 59.1. The SMILES string of the molecule is CC/C=C\C/C=C\C/C=C\C/C=C\C/C=C\C/C=C\C/C=C\C/C=C\CCCCC(=O)OC(COC(=O)CCCCCCCCCCCCCCCCCC/C=C\C/C=C\C/C=C\C/C=C\CC)COC(OCC[N+](C)(C)C)C(=O)[O-]. The topological polar surface area (TPSA) is 111 Å². The minimum atomic E-state index is -1.64. The Morgan fingerprint density at radius 3 is 1.01 bits per heavy atom. The van der Waals surface area contributed by atoms with Gasteiger partial charge in [0.05, 0.1) is 40.3 Å². The molecule has 0 N–H and O–H groups in total. The second kappa shape index (κ2) is 61.2. The number of carboxylic acids is 1. The first-order chi connectivity index (χ1) is 39.6. The molecule has 0 amide bonds. The van der Waals surface area contributed by atoms with Gasteiger partial charge in [0.25, 0.3) is 0 Å². The lowest BCUT2D eigenvalue weighted by molar-refractivity contribution is -0.870. The van der Waals surface area contributed by atoms with Crippen molar-refractivity contribution in [3.05, 3.63) is 146 Å². The van der Waals surface area contributed by atoms with Crippen molar-refractivity contribution < 1.29 is 42.9 Å². The summed E-state index contributed by atoms with van der Waals surface area (Å²) < 4.78 is 22.7. The van der Waals surface area contributed by atoms with E-state index in [1.54, 1.807) is 0 Å². The predicted molar refractivity (Wildman–Crippen MR) is 342 cm³/mol. The lowest BCUT2D eigenvalue weighted by Gasteiger charge is -2.26. The number of quaternary nitrogens is 1. The molecule has 0 radical (unpaired) electrons. The van der Waals surface area contributed by atoms with E-state index in [9.17, 15) is 19.5 Å². The molecule has 0 aliphatic heterocycles. The van der Waals surface area contributed by atoms with E-state index in [0.29, 0.717) is 17.4 Å². The smallest absolute Gasteiger partial charge is 0.306 e. The number of carbonyl (C=O) groups is 3. The standard InChI is InChI=1S/C72H117NO8/c1-6-8-10-12-14-16-18-20-22-24-26-28-30-32-34-35-37-38-40-42-44-46-48-50-52-54-56-58-60-62-69(74)79-66-68(67-80-72(71(76)77)78-65-64-73(3,4)5)81-70(75)63-61-59-57-55-53-51-49-47-45-43-41-39-36-33-31-29-27-25-23-21-19-17-15-13-11-9-7-2/h8-11,14-17,20-23,26-29,33,36,41,43,47,49,53,55,68,72H,6-7,12-13,18-19,24-25,30-32,34-35,37-40,42,44-46,48,50-52,54,56-67H2,1-5H3/b10-8-,11-9-,16-14-,17-15-,22-20-,23-21-,28-26-,29-27-,36-33-,43-41-,49-47-,55-53-. The second-order valence-corrected chi connectivity index (χ2v) is 21.9. The number of carbonyl (C=O) groups excluding carboxylic acids is 3. The van der Waals surface area contributed by atoms with Crippen LogP contribution in [-0.2, 0) is 33.3 Å². The largest absolute Gasteiger partial charge is 0.545 e. The van der Waals surface area contributed by atoms with Crippen LogP contribution in [0.4, 0.5) is 0 Å². The summed E-state index contributed by atoms with van der Waals surface area (Å²) in [5, 5.41) is 11.8. The van der Waals surface area contributed by atoms with E-state index in [0.717, 1.165) is 109 Å². The van der Waals surface area contributed by atoms with E-state index in [1.807, 2.05) is 21.1 Å². The van der Waals surface area contributed by atoms with Crippen LogP contribution >= 0.6 is 0 Å². The lowest BCUT2D eigenvalue weighted by Crippen LogP contribution is -2.44. The van der Waals surface area contributed by atoms with Crippen molar-refractivity contribution in [1.82, 2.24) is 0 Å². The van der Waals surface area contributed by atoms with E-state index in [4.69, 9.17) is 18.9 Å². The van der Waals surface area contributed by atoms with Crippen LogP contribution in [0.5, 0.6) is 0 Å². The Morgan fingerprint density at radius 2 is 0.667 bits per heavy atom. The highest BCUT2D eigenvalue weighted by Gasteiger charge is 2.22. The van der Waals surface area contributed by atoms with Gasteiger partial charge in [-0.2, -0.15) is 0 Å². The van der Waals surface area contributed by atoms with Gasteiger partial charge >= 0.3 is 11.9 Å². The van der Waals surface area contributed by atoms with Gasteiger partial charge in [-0.05, 0) is 116 Å². The maximum Gasteiger partial charge on any atom is 0.306 e. The normalized spacial score (nSPS) is 13.7. The third kappa shape index (κ3) is 62.6. The summed E-state index contributed by atoms with van der Waals surface area (Å²) in [7, 11) is 5.90. The van der Waals surface area contributed by atoms with E-state index in [1.165, 1.54) is 89.9 Å². The molecular weight excluding hydrogens is 1010 g/mol. The molecule has 0 heterocycles. The molecule has 0 aromatic heterocycles. The van der Waals surface area contributed by atoms with Gasteiger partial charge in [0, 0.05) is 12.8 Å². The number of unbranched alkanes of at least 4 members (excludes halogenated alkanes) is 18. The molecular formula is C72H117NO8. The number of hydrogen-bond acceptors (Lipinski definition) is 8. The van der Waals surface area contributed by atoms with Crippen molar-refractivity contribution in [2.24, 2.45) is 0 Å². The average molecular weight is 1120 g/mol. The molecule has 0 bridgehead atoms. The van der Waals surface area contributed by atoms with Gasteiger partial charge in [-0.25, -0.2) is 0 Å². The van der Waals surface area contributed by atoms with Crippen LogP contribution in [0.3, 0.4) is 0 Å². The van der Waals surface area contributed by atoms with Gasteiger partial charge in [0.1, 0.15) is 13.2 Å². The van der Waals surface area contributed by atoms with Crippen LogP contribution in [0.25, 0.3) is 0 Å². The fourth-order valence-corrected chi connectivity index (χ4v) is 8.25. The Balaban J connectivity index is 4.28. The molecule has 2 unspecified atom stereocenters. The van der Waals surface area contributed by atoms with Crippen LogP contribution in [0.2, 0.25) is 0 Å². The number of carboxylic acid groups (broad SMARTS) is 1. The van der Waals surface area contributed by atoms with Gasteiger partial charge < -0.3 is 33.3 Å². The number of allylic oxidation sites excluding steroid dienone is 24. The molecule has 9 nitrogen and oxygen atoms in total. The third-order valence-electron chi connectivity index (χ3n) is 13.1. The van der Waals surface area contributed by atoms with Crippen molar-refractivity contribution >= 4 is 17.9 Å². The molecule has 0 spiro atoms. The highest BCUT2D eigenvalue weighted by molar-refractivity contribution is 5.70. The Labute approximate surface area is 496 Å². The molecule has 458 valence electrons. The number of aliphatic carboxylic acids is 1. The van der Waals surface area contributed by atoms with Crippen LogP contribution in [0.1, 0.15) is 232 Å². The maximum absolute atomic E-state index is 12.9. The van der Waals surface area contributed by atoms with Crippen molar-refractivity contribution in [1.29, 1.82) is 0 Å². The monoisotopic (exact) mass is 1120 g/mol. The summed E-state index contributed by atoms with van der Waals surface area (Å²) in [5.74, 6) is -2.36. The van der Waals surface area contributed by atoms with Gasteiger partial charge in [-0.1, -0.05) is 250 Å². The summed E-state index contributed by atoms with van der Waals surface area (Å²) in [6.07, 6.45) is 86.3. The van der Waals surface area contributed by atoms with Crippen LogP contribution in [0, 0.1) is 0 Å². The number of ether oxygens (including phenoxy) is 4. The molecule has 0 aromatic carbocycles. The molecule has 81 heavy (non-hydrogen) atoms. The molecule has 0 rings (SSSR count). The maximum atomic E-state index is 12.9. The first-order valence-electron chi connectivity index (χ1n) is 32.0. The van der Waals surface area contributed by atoms with Gasteiger partial charge in [-0.15, -0.1) is 0 Å². The highest BCUT2D eigenvalue weighted by Crippen LogP contribution is 2.16. The molecule has 0 saturated heterocycles. The lowest BCUT2D eigenvalue weighted by atomic mass is 10.0. The van der Waals surface area contributed by atoms with Gasteiger partial charge in [0.2, 0.25) is 0 Å². The average Bonchev–Trinajstić information content (AvgIpc) is 3.44. The highest BCUT2D eigenvalue weighted by atomic mass is 16.7. The van der Waals surface area contributed by atoms with Crippen LogP contribution in [-0.4, -0.2) is 82.3 Å². The number of hydrogen-bond donors (Lipinski definition) is 0. The third-order valence-corrected chi connectivity index (χ3v) is 13.1. The Hall–Kier alpha value is -4.83. The summed E-state index contributed by atoms with van der Waals surface area (Å²) in [6, 6.07) is 0. The van der Waals surface area contributed by atoms with Gasteiger partial charge in [-0.3, -0.25) is 9.59 Å². The molecule has 0 aliphatic rings. The molecule has 9 heteroatoms. The fourth-order valence-electron chi connectivity index (χ4n) is 8.25. The second-order valence-electron chi connectivity index (χ2n) is 21.9. The first-order valence-corrected chi connectivity index (χ1v) is 32.0. The first kappa shape index (κ1) is 76.2. The fraction of sp³-hybridized carbons (Fsp3) is 0.625. The minimum absolute atomic E-state index is 0.131. The molecule has 0 aliphatic carbocycles. The van der Waals surface area contributed by atoms with Crippen molar-refractivity contribution in [3.8, 4) is 0 Å². The number of esters is 2. The van der Waals surface area contributed by atoms with Crippen LogP contribution in [0.15, 0.2) is 146 Å². The summed E-state index contributed by atoms with van der Waals surface area (Å²) >= 11 is 0. The van der Waals surface area contributed by atoms with E-state index in [2.05, 4.69) is 160 Å². The van der Waals surface area contributed by atoms with E-state index in [-0.39, 0.29) is 38.6 Å². The molecule has 2 atom stereocenters. The van der Waals surface area contributed by atoms with Crippen molar-refractivity contribution in [2.75, 3.05) is 47.5 Å². The molecule has 0 fully saturated rings. The summed E-state index contributed by atoms with van der Waals surface area (Å²) in [5.41, 5.74) is 0. The summed E-state index contributed by atoms with van der Waals surface area (Å²) in [4.78, 5) is 37.4. The quantitative estimate of drug-likeness (QED) is 0.0195. The Kier molecular flexibility index (Phi) is 57.6. The zero-order valence-electron chi connectivity index (χ0n) is 52.1. The van der Waals surface area contributed by atoms with Crippen molar-refractivity contribution in [3.63, 3.8) is 0 Å². The Bertz CT molecular complexity index is 1840. The number of likely N-dealkylation sites (N-methyl/N-ethyl adjacent to an activating group) is 1. The molecule has 0 saturated carbocycles. The summed E-state index contributed by atoms with van der Waals surface area (Å²) in [6.45, 7) is 4.46. The van der Waals surface area contributed by atoms with E-state index >= 15 is 0 Å². The van der Waals surface area contributed by atoms with Crippen molar-refractivity contribution in [2.45, 2.75) is 245 Å². The Morgan fingerprint density at radius 1 is 0.370 bits per heavy atom. The molecule has 0 aromatic rings. The number of nitrogens with zero attached hydrogens (tertiary/aromatic N) is 1.